The highest BCUT2D eigenvalue weighted by Gasteiger charge is 1.98. The molecular formula is C9H11ClN2S. The lowest BCUT2D eigenvalue weighted by atomic mass is 10.4. The summed E-state index contributed by atoms with van der Waals surface area (Å²) in [5, 5.41) is 0.812. The predicted molar refractivity (Wildman–Crippen MR) is 57.2 cm³/mol. The molecule has 0 bridgehead atoms. The summed E-state index contributed by atoms with van der Waals surface area (Å²) in [7, 11) is 0. The molecule has 1 aromatic heterocycles. The average molecular weight is 215 g/mol. The Labute approximate surface area is 87.4 Å². The second-order valence-corrected chi connectivity index (χ2v) is 3.85. The Morgan fingerprint density at radius 1 is 1.38 bits per heavy atom. The maximum atomic E-state index is 5.40. The molecule has 2 nitrogen and oxygen atoms in total. The minimum atomic E-state index is 0.812. The topological polar surface area (TPSA) is 25.8 Å². The van der Waals surface area contributed by atoms with Crippen LogP contribution in [0.2, 0.25) is 0 Å². The summed E-state index contributed by atoms with van der Waals surface area (Å²) in [5.74, 6) is 0.812. The van der Waals surface area contributed by atoms with Gasteiger partial charge in [0.15, 0.2) is 5.16 Å². The molecule has 1 aromatic rings. The van der Waals surface area contributed by atoms with E-state index in [1.165, 1.54) is 5.54 Å². The molecule has 1 rings (SSSR count). The van der Waals surface area contributed by atoms with E-state index in [-0.39, 0.29) is 0 Å². The first kappa shape index (κ1) is 10.5. The standard InChI is InChI=1S/C9H11ClN2S/c1-7-6-8(2)12-9(11-7)13-5-3-4-10/h3-4,6H,5H2,1-2H3/b4-3+. The van der Waals surface area contributed by atoms with Crippen LogP contribution in [0.3, 0.4) is 0 Å². The lowest BCUT2D eigenvalue weighted by Crippen LogP contribution is -1.92. The van der Waals surface area contributed by atoms with Crippen LogP contribution >= 0.6 is 23.4 Å². The van der Waals surface area contributed by atoms with Gasteiger partial charge >= 0.3 is 0 Å². The third-order valence-electron chi connectivity index (χ3n) is 1.36. The van der Waals surface area contributed by atoms with Crippen molar-refractivity contribution in [1.29, 1.82) is 0 Å². The molecule has 0 N–H and O–H groups in total. The van der Waals surface area contributed by atoms with E-state index in [1.807, 2.05) is 26.0 Å². The lowest BCUT2D eigenvalue weighted by molar-refractivity contribution is 0.903. The Morgan fingerprint density at radius 3 is 2.54 bits per heavy atom. The molecule has 0 aliphatic carbocycles. The molecular weight excluding hydrogens is 204 g/mol. The van der Waals surface area contributed by atoms with Gasteiger partial charge in [-0.3, -0.25) is 0 Å². The van der Waals surface area contributed by atoms with Crippen LogP contribution in [-0.4, -0.2) is 15.7 Å². The number of rotatable bonds is 3. The van der Waals surface area contributed by atoms with Crippen molar-refractivity contribution in [3.8, 4) is 0 Å². The van der Waals surface area contributed by atoms with Gasteiger partial charge in [-0.15, -0.1) is 0 Å². The van der Waals surface area contributed by atoms with E-state index in [4.69, 9.17) is 11.6 Å². The molecule has 0 saturated heterocycles. The lowest BCUT2D eigenvalue weighted by Gasteiger charge is -1.99. The zero-order valence-electron chi connectivity index (χ0n) is 7.62. The van der Waals surface area contributed by atoms with Gasteiger partial charge in [0.2, 0.25) is 0 Å². The summed E-state index contributed by atoms with van der Waals surface area (Å²) in [6.07, 6.45) is 1.87. The van der Waals surface area contributed by atoms with E-state index in [1.54, 1.807) is 11.8 Å². The van der Waals surface area contributed by atoms with E-state index in [9.17, 15) is 0 Å². The third-order valence-corrected chi connectivity index (χ3v) is 2.34. The summed E-state index contributed by atoms with van der Waals surface area (Å²) in [5.41, 5.74) is 3.52. The summed E-state index contributed by atoms with van der Waals surface area (Å²) < 4.78 is 0. The van der Waals surface area contributed by atoms with Crippen LogP contribution in [-0.2, 0) is 0 Å². The van der Waals surface area contributed by atoms with Gasteiger partial charge in [0, 0.05) is 22.7 Å². The zero-order chi connectivity index (χ0) is 9.68. The molecule has 1 heterocycles. The van der Waals surface area contributed by atoms with E-state index < -0.39 is 0 Å². The van der Waals surface area contributed by atoms with E-state index in [0.29, 0.717) is 0 Å². The Morgan fingerprint density at radius 2 is 2.00 bits per heavy atom. The summed E-state index contributed by atoms with van der Waals surface area (Å²) >= 11 is 6.98. The van der Waals surface area contributed by atoms with Gasteiger partial charge in [-0.2, -0.15) is 0 Å². The van der Waals surface area contributed by atoms with Gasteiger partial charge in [-0.1, -0.05) is 29.4 Å². The van der Waals surface area contributed by atoms with Crippen molar-refractivity contribution in [3.63, 3.8) is 0 Å². The number of nitrogens with zero attached hydrogens (tertiary/aromatic N) is 2. The average Bonchev–Trinajstić information content (AvgIpc) is 2.03. The maximum Gasteiger partial charge on any atom is 0.188 e. The molecule has 0 atom stereocenters. The quantitative estimate of drug-likeness (QED) is 0.572. The maximum absolute atomic E-state index is 5.40. The van der Waals surface area contributed by atoms with Crippen molar-refractivity contribution in [1.82, 2.24) is 9.97 Å². The minimum Gasteiger partial charge on any atom is -0.228 e. The molecule has 0 radical (unpaired) electrons. The molecule has 0 amide bonds. The third kappa shape index (κ3) is 3.79. The SMILES string of the molecule is Cc1cc(C)nc(SC/C=C/Cl)n1. The molecule has 0 spiro atoms. The van der Waals surface area contributed by atoms with Gasteiger partial charge in [0.25, 0.3) is 0 Å². The van der Waals surface area contributed by atoms with Gasteiger partial charge in [0.1, 0.15) is 0 Å². The number of hydrogen-bond acceptors (Lipinski definition) is 3. The highest BCUT2D eigenvalue weighted by molar-refractivity contribution is 7.99. The van der Waals surface area contributed by atoms with Crippen LogP contribution in [0.25, 0.3) is 0 Å². The first-order valence-corrected chi connectivity index (χ1v) is 5.35. The number of aromatic nitrogens is 2. The molecule has 4 heteroatoms. The number of aryl methyl sites for hydroxylation is 2. The van der Waals surface area contributed by atoms with Gasteiger partial charge in [-0.25, -0.2) is 9.97 Å². The van der Waals surface area contributed by atoms with Crippen molar-refractivity contribution in [2.45, 2.75) is 19.0 Å². The summed E-state index contributed by atoms with van der Waals surface area (Å²) in [6.45, 7) is 3.94. The fourth-order valence-electron chi connectivity index (χ4n) is 0.917. The molecule has 0 saturated carbocycles. The zero-order valence-corrected chi connectivity index (χ0v) is 9.19. The number of hydrogen-bond donors (Lipinski definition) is 0. The predicted octanol–water partition coefficient (Wildman–Crippen LogP) is 2.94. The Hall–Kier alpha value is -0.540. The summed E-state index contributed by atoms with van der Waals surface area (Å²) in [4.78, 5) is 8.56. The number of thioether (sulfide) groups is 1. The monoisotopic (exact) mass is 214 g/mol. The van der Waals surface area contributed by atoms with Crippen LogP contribution < -0.4 is 0 Å². The normalized spacial score (nSPS) is 11.0. The van der Waals surface area contributed by atoms with Crippen molar-refractivity contribution in [3.05, 3.63) is 29.1 Å². The van der Waals surface area contributed by atoms with Gasteiger partial charge < -0.3 is 0 Å². The van der Waals surface area contributed by atoms with Crippen molar-refractivity contribution < 1.29 is 0 Å². The molecule has 0 aliphatic heterocycles. The van der Waals surface area contributed by atoms with Gasteiger partial charge in [-0.05, 0) is 19.9 Å². The molecule has 13 heavy (non-hydrogen) atoms. The van der Waals surface area contributed by atoms with Crippen LogP contribution in [0, 0.1) is 13.8 Å². The van der Waals surface area contributed by atoms with Crippen LogP contribution in [0.4, 0.5) is 0 Å². The smallest absolute Gasteiger partial charge is 0.188 e. The van der Waals surface area contributed by atoms with Crippen molar-refractivity contribution in [2.75, 3.05) is 5.75 Å². The first-order valence-electron chi connectivity index (χ1n) is 3.92. The van der Waals surface area contributed by atoms with E-state index >= 15 is 0 Å². The van der Waals surface area contributed by atoms with Crippen LogP contribution in [0.1, 0.15) is 11.4 Å². The highest BCUT2D eigenvalue weighted by atomic mass is 35.5. The second kappa shape index (κ2) is 5.25. The Kier molecular flexibility index (Phi) is 4.25. The summed E-state index contributed by atoms with van der Waals surface area (Å²) in [6, 6.07) is 1.96. The molecule has 0 fully saturated rings. The highest BCUT2D eigenvalue weighted by Crippen LogP contribution is 2.13. The van der Waals surface area contributed by atoms with Crippen molar-refractivity contribution >= 4 is 23.4 Å². The molecule has 70 valence electrons. The van der Waals surface area contributed by atoms with Gasteiger partial charge in [0.05, 0.1) is 0 Å². The van der Waals surface area contributed by atoms with Crippen LogP contribution in [0.5, 0.6) is 0 Å². The largest absolute Gasteiger partial charge is 0.228 e. The molecule has 0 unspecified atom stereocenters. The van der Waals surface area contributed by atoms with E-state index in [0.717, 1.165) is 22.3 Å². The molecule has 0 aromatic carbocycles. The molecule has 0 aliphatic rings. The fourth-order valence-corrected chi connectivity index (χ4v) is 1.87. The van der Waals surface area contributed by atoms with E-state index in [2.05, 4.69) is 9.97 Å². The Balaban J connectivity index is 2.66. The fraction of sp³-hybridized carbons (Fsp3) is 0.333. The second-order valence-electron chi connectivity index (χ2n) is 2.61. The number of halogens is 1. The van der Waals surface area contributed by atoms with Crippen LogP contribution in [0.15, 0.2) is 22.8 Å². The first-order chi connectivity index (χ1) is 6.22. The minimum absolute atomic E-state index is 0.812. The Bertz CT molecular complexity index is 292. The van der Waals surface area contributed by atoms with Crippen molar-refractivity contribution in [2.24, 2.45) is 0 Å².